The van der Waals surface area contributed by atoms with Crippen LogP contribution in [0.2, 0.25) is 5.02 Å². The summed E-state index contributed by atoms with van der Waals surface area (Å²) in [5.41, 5.74) is 1.12. The zero-order valence-electron chi connectivity index (χ0n) is 23.0. The molecule has 0 spiro atoms. The smallest absolute Gasteiger partial charge is 0.319 e. The number of nitrogens with two attached hydrogens (primary N) is 1. The number of pyridine rings is 1. The second-order valence-electron chi connectivity index (χ2n) is 11.7. The maximum absolute atomic E-state index is 16.6. The zero-order chi connectivity index (χ0) is 28.0. The summed E-state index contributed by atoms with van der Waals surface area (Å²) in [5.74, 6) is 1.50. The lowest BCUT2D eigenvalue weighted by atomic mass is 9.95. The maximum Gasteiger partial charge on any atom is 0.319 e. The minimum Gasteiger partial charge on any atom is -0.461 e. The number of rotatable bonds is 7. The summed E-state index contributed by atoms with van der Waals surface area (Å²) in [7, 11) is 0. The van der Waals surface area contributed by atoms with Crippen LogP contribution >= 0.6 is 23.5 Å². The van der Waals surface area contributed by atoms with E-state index in [-0.39, 0.29) is 22.8 Å². The molecule has 3 aliphatic heterocycles. The van der Waals surface area contributed by atoms with E-state index in [0.29, 0.717) is 34.3 Å². The van der Waals surface area contributed by atoms with Crippen molar-refractivity contribution in [2.45, 2.75) is 44.1 Å². The number of hydrogen-bond acceptors (Lipinski definition) is 8. The van der Waals surface area contributed by atoms with E-state index in [1.165, 1.54) is 24.8 Å². The molecule has 3 aliphatic rings. The van der Waals surface area contributed by atoms with Crippen LogP contribution in [0, 0.1) is 11.7 Å². The number of ether oxygens (including phenoxy) is 1. The molecule has 1 unspecified atom stereocenters. The van der Waals surface area contributed by atoms with Gasteiger partial charge in [0.1, 0.15) is 23.6 Å². The molecular formula is C31H34ClFN6OS. The molecule has 41 heavy (non-hydrogen) atoms. The lowest BCUT2D eigenvalue weighted by Gasteiger charge is -2.34. The molecule has 2 aromatic heterocycles. The van der Waals surface area contributed by atoms with E-state index in [4.69, 9.17) is 31.4 Å². The average Bonchev–Trinajstić information content (AvgIpc) is 3.57. The third-order valence-electron chi connectivity index (χ3n) is 9.18. The van der Waals surface area contributed by atoms with Crippen molar-refractivity contribution in [2.75, 3.05) is 43.4 Å². The topological polar surface area (TPSA) is 80.4 Å². The van der Waals surface area contributed by atoms with Crippen LogP contribution < -0.4 is 14.8 Å². The summed E-state index contributed by atoms with van der Waals surface area (Å²) in [6.45, 7) is 4.37. The van der Waals surface area contributed by atoms with Crippen molar-refractivity contribution in [3.8, 4) is 17.3 Å². The number of anilines is 1. The first-order valence-corrected chi connectivity index (χ1v) is 16.0. The standard InChI is InChI=1S/C31H34ClFN6OS/c32-24-10-2-8-21-7-1-9-22(25(21)24)27-26(33)28-23(16-35-27)29(38-13-3-6-20(17-38)18-41-34)37-30(36-28)40-19-31-11-4-14-39(31)15-5-12-31/h1-2,7-10,16,20H,3-6,11-15,17-19,34H2. The molecule has 0 amide bonds. The van der Waals surface area contributed by atoms with E-state index in [0.717, 1.165) is 68.4 Å². The van der Waals surface area contributed by atoms with Gasteiger partial charge in [0.05, 0.1) is 10.9 Å². The number of hydrogen-bond donors (Lipinski definition) is 1. The van der Waals surface area contributed by atoms with Gasteiger partial charge >= 0.3 is 6.01 Å². The first-order chi connectivity index (χ1) is 20.1. The largest absolute Gasteiger partial charge is 0.461 e. The Bertz CT molecular complexity index is 1590. The molecule has 1 atom stereocenters. The van der Waals surface area contributed by atoms with Gasteiger partial charge in [0.25, 0.3) is 0 Å². The highest BCUT2D eigenvalue weighted by Gasteiger charge is 2.45. The van der Waals surface area contributed by atoms with Crippen molar-refractivity contribution >= 4 is 51.0 Å². The fourth-order valence-corrected chi connectivity index (χ4v) is 8.02. The number of halogens is 2. The molecule has 7 nitrogen and oxygen atoms in total. The second kappa shape index (κ2) is 11.2. The van der Waals surface area contributed by atoms with Crippen molar-refractivity contribution in [1.82, 2.24) is 19.9 Å². The third kappa shape index (κ3) is 4.90. The van der Waals surface area contributed by atoms with Gasteiger partial charge in [-0.05, 0) is 69.0 Å². The molecule has 214 valence electrons. The van der Waals surface area contributed by atoms with Gasteiger partial charge in [-0.3, -0.25) is 15.0 Å². The third-order valence-corrected chi connectivity index (χ3v) is 10.2. The molecule has 4 aromatic rings. The van der Waals surface area contributed by atoms with Crippen LogP contribution in [0.3, 0.4) is 0 Å². The lowest BCUT2D eigenvalue weighted by molar-refractivity contribution is 0.108. The van der Waals surface area contributed by atoms with Crippen molar-refractivity contribution in [2.24, 2.45) is 11.1 Å². The minimum atomic E-state index is -0.490. The Balaban J connectivity index is 1.34. The predicted molar refractivity (Wildman–Crippen MR) is 165 cm³/mol. The Morgan fingerprint density at radius 1 is 1.07 bits per heavy atom. The van der Waals surface area contributed by atoms with Crippen LogP contribution in [0.15, 0.2) is 42.6 Å². The van der Waals surface area contributed by atoms with Crippen LogP contribution in [-0.2, 0) is 0 Å². The van der Waals surface area contributed by atoms with Gasteiger partial charge in [-0.15, -0.1) is 0 Å². The number of piperidine rings is 1. The fraction of sp³-hybridized carbons (Fsp3) is 0.452. The van der Waals surface area contributed by atoms with E-state index in [9.17, 15) is 0 Å². The highest BCUT2D eigenvalue weighted by molar-refractivity contribution is 7.97. The lowest BCUT2D eigenvalue weighted by Crippen LogP contribution is -2.43. The molecule has 0 radical (unpaired) electrons. The van der Waals surface area contributed by atoms with Crippen LogP contribution in [0.4, 0.5) is 10.2 Å². The van der Waals surface area contributed by atoms with Crippen molar-refractivity contribution in [1.29, 1.82) is 0 Å². The van der Waals surface area contributed by atoms with E-state index < -0.39 is 5.82 Å². The summed E-state index contributed by atoms with van der Waals surface area (Å²) in [4.78, 5) is 19.0. The van der Waals surface area contributed by atoms with E-state index >= 15 is 4.39 Å². The van der Waals surface area contributed by atoms with Gasteiger partial charge in [0.2, 0.25) is 0 Å². The summed E-state index contributed by atoms with van der Waals surface area (Å²) in [6.07, 6.45) is 8.43. The summed E-state index contributed by atoms with van der Waals surface area (Å²) >= 11 is 7.98. The van der Waals surface area contributed by atoms with Crippen molar-refractivity contribution < 1.29 is 9.13 Å². The van der Waals surface area contributed by atoms with Gasteiger partial charge in [0, 0.05) is 41.0 Å². The minimum absolute atomic E-state index is 0.0364. The summed E-state index contributed by atoms with van der Waals surface area (Å²) < 4.78 is 23.0. The summed E-state index contributed by atoms with van der Waals surface area (Å²) in [5, 5.41) is 8.67. The molecule has 5 heterocycles. The van der Waals surface area contributed by atoms with Gasteiger partial charge in [-0.25, -0.2) is 4.39 Å². The predicted octanol–water partition coefficient (Wildman–Crippen LogP) is 6.47. The van der Waals surface area contributed by atoms with Crippen molar-refractivity contribution in [3.05, 3.63) is 53.4 Å². The van der Waals surface area contributed by atoms with Gasteiger partial charge in [-0.2, -0.15) is 9.97 Å². The highest BCUT2D eigenvalue weighted by Crippen LogP contribution is 2.40. The molecule has 2 aromatic carbocycles. The highest BCUT2D eigenvalue weighted by atomic mass is 35.5. The van der Waals surface area contributed by atoms with Gasteiger partial charge in [0.15, 0.2) is 5.82 Å². The maximum atomic E-state index is 16.6. The molecule has 0 bridgehead atoms. The number of aromatic nitrogens is 3. The first-order valence-electron chi connectivity index (χ1n) is 14.5. The monoisotopic (exact) mass is 592 g/mol. The number of nitrogens with zero attached hydrogens (tertiary/aromatic N) is 5. The molecule has 7 rings (SSSR count). The zero-order valence-corrected chi connectivity index (χ0v) is 24.6. The van der Waals surface area contributed by atoms with Crippen molar-refractivity contribution in [3.63, 3.8) is 0 Å². The Kier molecular flexibility index (Phi) is 7.39. The molecule has 0 aliphatic carbocycles. The van der Waals surface area contributed by atoms with Crippen LogP contribution in [0.5, 0.6) is 6.01 Å². The van der Waals surface area contributed by atoms with Gasteiger partial charge < -0.3 is 9.64 Å². The Hall–Kier alpha value is -2.72. The Labute approximate surface area is 248 Å². The van der Waals surface area contributed by atoms with Crippen LogP contribution in [0.1, 0.15) is 38.5 Å². The van der Waals surface area contributed by atoms with Crippen LogP contribution in [0.25, 0.3) is 32.9 Å². The molecular weight excluding hydrogens is 559 g/mol. The molecule has 0 saturated carbocycles. The Morgan fingerprint density at radius 2 is 1.88 bits per heavy atom. The molecule has 3 fully saturated rings. The number of fused-ring (bicyclic) bond motifs is 3. The van der Waals surface area contributed by atoms with Crippen LogP contribution in [-0.4, -0.2) is 63.9 Å². The quantitative estimate of drug-likeness (QED) is 0.245. The number of benzene rings is 2. The average molecular weight is 593 g/mol. The fourth-order valence-electron chi connectivity index (χ4n) is 7.20. The van der Waals surface area contributed by atoms with E-state index in [1.54, 1.807) is 6.20 Å². The van der Waals surface area contributed by atoms with E-state index in [1.807, 2.05) is 36.4 Å². The van der Waals surface area contributed by atoms with E-state index in [2.05, 4.69) is 14.8 Å². The first kappa shape index (κ1) is 27.1. The Morgan fingerprint density at radius 3 is 2.68 bits per heavy atom. The summed E-state index contributed by atoms with van der Waals surface area (Å²) in [6, 6.07) is 11.6. The normalized spacial score (nSPS) is 20.7. The molecule has 10 heteroatoms. The molecule has 3 saturated heterocycles. The second-order valence-corrected chi connectivity index (χ2v) is 12.7. The van der Waals surface area contributed by atoms with Gasteiger partial charge in [-0.1, -0.05) is 53.9 Å². The molecule has 2 N–H and O–H groups in total. The SMILES string of the molecule is NSCC1CCCN(c2nc(OCC34CCCN3CCC4)nc3c(F)c(-c4cccc5cccc(Cl)c45)ncc23)C1.